The van der Waals surface area contributed by atoms with Crippen LogP contribution in [0, 0.1) is 0 Å². The summed E-state index contributed by atoms with van der Waals surface area (Å²) in [6, 6.07) is 24.0. The van der Waals surface area contributed by atoms with E-state index in [0.29, 0.717) is 5.11 Å². The monoisotopic (exact) mass is 470 g/mol. The molecule has 0 spiro atoms. The van der Waals surface area contributed by atoms with E-state index in [2.05, 4.69) is 25.8 Å². The van der Waals surface area contributed by atoms with Gasteiger partial charge in [0.2, 0.25) is 0 Å². The number of ether oxygens (including phenoxy) is 1. The average molecular weight is 471 g/mol. The number of carbonyl (C=O) groups is 1. The van der Waals surface area contributed by atoms with E-state index in [0.717, 1.165) is 28.5 Å². The number of rotatable bonds is 6. The van der Waals surface area contributed by atoms with Crippen molar-refractivity contribution < 1.29 is 14.6 Å². The molecule has 2 N–H and O–H groups in total. The topological polar surface area (TPSA) is 79.6 Å². The standard InChI is InChI=1S/C26H22N4O3S/c1-33-20-7-4-6-19(16-20)30-24(23(28-26(30)34)21-8-2-3-14-27-21)22-9-5-15-29(22)18-12-10-17(11-13-18)25(31)32/h2-16,23-24H,1H3,(H,28,34)(H,31,32). The number of nitrogens with zero attached hydrogens (tertiary/aromatic N) is 3. The second-order valence-electron chi connectivity index (χ2n) is 7.85. The third-order valence-corrected chi connectivity index (χ3v) is 6.22. The Balaban J connectivity index is 1.64. The van der Waals surface area contributed by atoms with Crippen molar-refractivity contribution in [2.45, 2.75) is 12.1 Å². The van der Waals surface area contributed by atoms with Gasteiger partial charge >= 0.3 is 5.97 Å². The highest BCUT2D eigenvalue weighted by Gasteiger charge is 2.42. The van der Waals surface area contributed by atoms with Gasteiger partial charge in [0.05, 0.1) is 24.4 Å². The molecular weight excluding hydrogens is 448 g/mol. The van der Waals surface area contributed by atoms with Gasteiger partial charge in [-0.3, -0.25) is 4.98 Å². The maximum atomic E-state index is 11.3. The zero-order chi connectivity index (χ0) is 23.7. The van der Waals surface area contributed by atoms with Gasteiger partial charge in [0.15, 0.2) is 5.11 Å². The van der Waals surface area contributed by atoms with Crippen LogP contribution in [0.15, 0.2) is 91.3 Å². The Bertz CT molecular complexity index is 1340. The van der Waals surface area contributed by atoms with E-state index >= 15 is 0 Å². The van der Waals surface area contributed by atoms with Crippen LogP contribution in [0.1, 0.15) is 33.8 Å². The molecule has 2 aromatic carbocycles. The Kier molecular flexibility index (Phi) is 5.73. The summed E-state index contributed by atoms with van der Waals surface area (Å²) in [5, 5.41) is 13.3. The van der Waals surface area contributed by atoms with Crippen LogP contribution >= 0.6 is 12.2 Å². The summed E-state index contributed by atoms with van der Waals surface area (Å²) in [7, 11) is 1.64. The van der Waals surface area contributed by atoms with Gasteiger partial charge in [-0.1, -0.05) is 12.1 Å². The number of hydrogen-bond acceptors (Lipinski definition) is 4. The zero-order valence-corrected chi connectivity index (χ0v) is 19.1. The lowest BCUT2D eigenvalue weighted by Crippen LogP contribution is -2.30. The molecule has 1 saturated heterocycles. The van der Waals surface area contributed by atoms with Crippen molar-refractivity contribution in [1.82, 2.24) is 14.9 Å². The van der Waals surface area contributed by atoms with Gasteiger partial charge in [0.1, 0.15) is 11.8 Å². The highest BCUT2D eigenvalue weighted by molar-refractivity contribution is 7.80. The lowest BCUT2D eigenvalue weighted by Gasteiger charge is -2.29. The number of anilines is 1. The molecule has 7 nitrogen and oxygen atoms in total. The summed E-state index contributed by atoms with van der Waals surface area (Å²) in [4.78, 5) is 18.0. The molecule has 2 aromatic heterocycles. The first-order chi connectivity index (χ1) is 16.6. The largest absolute Gasteiger partial charge is 0.497 e. The number of benzene rings is 2. The first-order valence-corrected chi connectivity index (χ1v) is 11.1. The van der Waals surface area contributed by atoms with Crippen LogP contribution in [0.3, 0.4) is 0 Å². The molecule has 0 bridgehead atoms. The van der Waals surface area contributed by atoms with Crippen molar-refractivity contribution in [1.29, 1.82) is 0 Å². The molecule has 1 aliphatic heterocycles. The van der Waals surface area contributed by atoms with Gasteiger partial charge < -0.3 is 24.6 Å². The molecule has 1 fully saturated rings. The van der Waals surface area contributed by atoms with Crippen molar-refractivity contribution in [2.75, 3.05) is 12.0 Å². The quantitative estimate of drug-likeness (QED) is 0.394. The van der Waals surface area contributed by atoms with Crippen LogP contribution in [0.25, 0.3) is 5.69 Å². The zero-order valence-electron chi connectivity index (χ0n) is 18.3. The molecule has 0 radical (unpaired) electrons. The van der Waals surface area contributed by atoms with Crippen molar-refractivity contribution in [3.63, 3.8) is 0 Å². The number of hydrogen-bond donors (Lipinski definition) is 2. The van der Waals surface area contributed by atoms with E-state index < -0.39 is 5.97 Å². The predicted octanol–water partition coefficient (Wildman–Crippen LogP) is 4.76. The Morgan fingerprint density at radius 1 is 1.03 bits per heavy atom. The van der Waals surface area contributed by atoms with Crippen LogP contribution in [0.5, 0.6) is 5.75 Å². The van der Waals surface area contributed by atoms with Crippen molar-refractivity contribution in [2.24, 2.45) is 0 Å². The number of carboxylic acids is 1. The lowest BCUT2D eigenvalue weighted by molar-refractivity contribution is 0.0697. The van der Waals surface area contributed by atoms with Crippen molar-refractivity contribution in [3.05, 3.63) is 108 Å². The van der Waals surface area contributed by atoms with Crippen molar-refractivity contribution in [3.8, 4) is 11.4 Å². The van der Waals surface area contributed by atoms with Gasteiger partial charge in [0, 0.05) is 35.5 Å². The van der Waals surface area contributed by atoms with Gasteiger partial charge in [-0.05, 0) is 72.9 Å². The second kappa shape index (κ2) is 8.99. The van der Waals surface area contributed by atoms with Crippen LogP contribution in [-0.2, 0) is 0 Å². The molecule has 8 heteroatoms. The van der Waals surface area contributed by atoms with Crippen LogP contribution in [0.2, 0.25) is 0 Å². The number of pyridine rings is 1. The second-order valence-corrected chi connectivity index (χ2v) is 8.24. The Morgan fingerprint density at radius 3 is 2.56 bits per heavy atom. The number of aromatic nitrogens is 2. The van der Waals surface area contributed by atoms with Gasteiger partial charge in [0.25, 0.3) is 0 Å². The minimum absolute atomic E-state index is 0.202. The predicted molar refractivity (Wildman–Crippen MR) is 134 cm³/mol. The highest BCUT2D eigenvalue weighted by Crippen LogP contribution is 2.42. The summed E-state index contributed by atoms with van der Waals surface area (Å²) in [5.41, 5.74) is 3.84. The fourth-order valence-electron chi connectivity index (χ4n) is 4.33. The summed E-state index contributed by atoms with van der Waals surface area (Å²) >= 11 is 5.81. The number of carboxylic acid groups (broad SMARTS) is 1. The first-order valence-electron chi connectivity index (χ1n) is 10.7. The third kappa shape index (κ3) is 3.88. The number of thiocarbonyl (C=S) groups is 1. The Labute approximate surface area is 202 Å². The molecular formula is C26H22N4O3S. The van der Waals surface area contributed by atoms with E-state index in [1.807, 2.05) is 54.7 Å². The van der Waals surface area contributed by atoms with Crippen LogP contribution < -0.4 is 15.0 Å². The molecule has 4 aromatic rings. The fourth-order valence-corrected chi connectivity index (χ4v) is 4.67. The van der Waals surface area contributed by atoms with Gasteiger partial charge in [-0.25, -0.2) is 4.79 Å². The van der Waals surface area contributed by atoms with E-state index in [4.69, 9.17) is 17.0 Å². The molecule has 1 aliphatic rings. The van der Waals surface area contributed by atoms with Crippen molar-refractivity contribution >= 4 is 29.0 Å². The van der Waals surface area contributed by atoms with Crippen LogP contribution in [-0.4, -0.2) is 32.8 Å². The van der Waals surface area contributed by atoms with Gasteiger partial charge in [-0.2, -0.15) is 0 Å². The number of aromatic carboxylic acids is 1. The Morgan fingerprint density at radius 2 is 1.85 bits per heavy atom. The minimum Gasteiger partial charge on any atom is -0.497 e. The summed E-state index contributed by atoms with van der Waals surface area (Å²) in [5.74, 6) is -0.219. The molecule has 170 valence electrons. The molecule has 5 rings (SSSR count). The smallest absolute Gasteiger partial charge is 0.335 e. The minimum atomic E-state index is -0.955. The Hall–Kier alpha value is -4.17. The molecule has 0 saturated carbocycles. The summed E-state index contributed by atoms with van der Waals surface area (Å²) in [6.45, 7) is 0. The maximum Gasteiger partial charge on any atom is 0.335 e. The molecule has 2 atom stereocenters. The highest BCUT2D eigenvalue weighted by atomic mass is 32.1. The third-order valence-electron chi connectivity index (χ3n) is 5.91. The van der Waals surface area contributed by atoms with E-state index in [-0.39, 0.29) is 17.6 Å². The number of nitrogens with one attached hydrogen (secondary N) is 1. The van der Waals surface area contributed by atoms with E-state index in [1.165, 1.54) is 0 Å². The van der Waals surface area contributed by atoms with Crippen LogP contribution in [0.4, 0.5) is 5.69 Å². The van der Waals surface area contributed by atoms with E-state index in [1.54, 1.807) is 37.6 Å². The number of methoxy groups -OCH3 is 1. The first kappa shape index (κ1) is 21.7. The molecule has 0 aliphatic carbocycles. The lowest BCUT2D eigenvalue weighted by atomic mass is 10.0. The average Bonchev–Trinajstić information content (AvgIpc) is 3.49. The summed E-state index contributed by atoms with van der Waals surface area (Å²) in [6.07, 6.45) is 3.74. The molecule has 34 heavy (non-hydrogen) atoms. The molecule has 3 heterocycles. The summed E-state index contributed by atoms with van der Waals surface area (Å²) < 4.78 is 7.51. The van der Waals surface area contributed by atoms with Gasteiger partial charge in [-0.15, -0.1) is 0 Å². The van der Waals surface area contributed by atoms with E-state index in [9.17, 15) is 9.90 Å². The molecule has 2 unspecified atom stereocenters. The normalized spacial score (nSPS) is 17.4. The SMILES string of the molecule is COc1cccc(N2C(=S)NC(c3ccccn3)C2c2cccn2-c2ccc(C(=O)O)cc2)c1. The molecule has 0 amide bonds. The maximum absolute atomic E-state index is 11.3. The fraction of sp³-hybridized carbons (Fsp3) is 0.115.